The second-order valence-corrected chi connectivity index (χ2v) is 10.5. The number of halogens is 8. The number of alkyl halides is 7. The summed E-state index contributed by atoms with van der Waals surface area (Å²) < 4.78 is 82.7. The van der Waals surface area contributed by atoms with E-state index in [1.165, 1.54) is 26.0 Å². The molecule has 0 bridgehead atoms. The molecule has 3 aromatic rings. The number of allylic oxidation sites excluding steroid dienone is 1. The first-order valence-corrected chi connectivity index (χ1v) is 13.6. The molecule has 3 nitrogen and oxygen atoms in total. The Morgan fingerprint density at radius 2 is 1.38 bits per heavy atom. The molecule has 0 heterocycles. The van der Waals surface area contributed by atoms with Crippen molar-refractivity contribution in [1.82, 2.24) is 0 Å². The van der Waals surface area contributed by atoms with Crippen molar-refractivity contribution in [3.63, 3.8) is 0 Å². The van der Waals surface area contributed by atoms with Crippen molar-refractivity contribution < 1.29 is 41.0 Å². The molecule has 3 unspecified atom stereocenters. The van der Waals surface area contributed by atoms with Crippen LogP contribution in [0.2, 0.25) is 5.02 Å². The van der Waals surface area contributed by atoms with Crippen LogP contribution in [0, 0.1) is 0 Å². The van der Waals surface area contributed by atoms with E-state index < -0.39 is 74.0 Å². The van der Waals surface area contributed by atoms with Crippen molar-refractivity contribution >= 4 is 41.0 Å². The summed E-state index contributed by atoms with van der Waals surface area (Å²) in [5, 5.41) is 8.17. The van der Waals surface area contributed by atoms with Crippen LogP contribution < -0.4 is 0 Å². The highest BCUT2D eigenvalue weighted by Crippen LogP contribution is 2.49. The maximum Gasteiger partial charge on any atom is 0.417 e. The zero-order valence-corrected chi connectivity index (χ0v) is 23.9. The summed E-state index contributed by atoms with van der Waals surface area (Å²) in [5.74, 6) is -2.99. The van der Waals surface area contributed by atoms with Gasteiger partial charge in [-0.3, -0.25) is 9.59 Å². The fourth-order valence-corrected chi connectivity index (χ4v) is 6.02. The van der Waals surface area contributed by atoms with Gasteiger partial charge in [0, 0.05) is 0 Å². The largest absolute Gasteiger partial charge is 0.480 e. The summed E-state index contributed by atoms with van der Waals surface area (Å²) >= 11 is 13.2. The maximum atomic E-state index is 14.8. The third kappa shape index (κ3) is 6.08. The molecule has 0 aromatic heterocycles. The third-order valence-electron chi connectivity index (χ3n) is 7.44. The predicted molar refractivity (Wildman–Crippen MR) is 150 cm³/mol. The Kier molecular flexibility index (Phi) is 9.89. The van der Waals surface area contributed by atoms with Crippen LogP contribution in [0.15, 0.2) is 78.9 Å². The number of Topliss-reactive ketones (excluding diaryl/α,β-unsaturated/α-hetero) is 1. The van der Waals surface area contributed by atoms with Gasteiger partial charge >= 0.3 is 18.3 Å². The lowest BCUT2D eigenvalue weighted by molar-refractivity contribution is -0.152. The van der Waals surface area contributed by atoms with Crippen LogP contribution >= 0.6 is 23.2 Å². The van der Waals surface area contributed by atoms with Crippen LogP contribution in [-0.2, 0) is 32.8 Å². The van der Waals surface area contributed by atoms with E-state index in [1.54, 1.807) is 30.3 Å². The molecule has 0 fully saturated rings. The number of carboxylic acids is 1. The number of rotatable bonds is 10. The van der Waals surface area contributed by atoms with E-state index in [1.807, 2.05) is 0 Å². The molecule has 0 spiro atoms. The average molecular weight is 631 g/mol. The third-order valence-corrected chi connectivity index (χ3v) is 8.37. The quantitative estimate of drug-likeness (QED) is 0.138. The highest BCUT2D eigenvalue weighted by atomic mass is 35.5. The van der Waals surface area contributed by atoms with Gasteiger partial charge in [-0.25, -0.2) is 0 Å². The predicted octanol–water partition coefficient (Wildman–Crippen LogP) is 9.35. The molecule has 0 saturated heterocycles. The second-order valence-electron chi connectivity index (χ2n) is 9.63. The highest BCUT2D eigenvalue weighted by Gasteiger charge is 2.58. The molecule has 0 radical (unpaired) electrons. The minimum atomic E-state index is -4.94. The van der Waals surface area contributed by atoms with E-state index in [-0.39, 0.29) is 6.42 Å². The van der Waals surface area contributed by atoms with Gasteiger partial charge in [-0.15, -0.1) is 11.6 Å². The Morgan fingerprint density at radius 3 is 1.90 bits per heavy atom. The molecule has 1 N–H and O–H groups in total. The fraction of sp³-hybridized carbons (Fsp3) is 0.290. The molecule has 11 heteroatoms. The van der Waals surface area contributed by atoms with E-state index in [0.29, 0.717) is 17.7 Å². The number of benzene rings is 3. The van der Waals surface area contributed by atoms with Gasteiger partial charge in [0.05, 0.1) is 26.9 Å². The lowest BCUT2D eigenvalue weighted by Crippen LogP contribution is -2.56. The lowest BCUT2D eigenvalue weighted by atomic mass is 9.59. The Morgan fingerprint density at radius 1 is 0.810 bits per heavy atom. The smallest absolute Gasteiger partial charge is 0.417 e. The van der Waals surface area contributed by atoms with Gasteiger partial charge in [-0.1, -0.05) is 98.3 Å². The van der Waals surface area contributed by atoms with Gasteiger partial charge in [0.2, 0.25) is 0 Å². The normalized spacial score (nSPS) is 16.0. The van der Waals surface area contributed by atoms with Crippen molar-refractivity contribution in [2.75, 3.05) is 0 Å². The van der Waals surface area contributed by atoms with Gasteiger partial charge < -0.3 is 5.11 Å². The molecule has 224 valence electrons. The molecule has 0 saturated carbocycles. The molecule has 0 amide bonds. The van der Waals surface area contributed by atoms with Gasteiger partial charge in [0.15, 0.2) is 11.2 Å². The van der Waals surface area contributed by atoms with Gasteiger partial charge in [-0.05, 0) is 41.7 Å². The SMILES string of the molecule is CCC(C(=O)O)(C(=O)C(CC)(c1cccc(C(F)(F)F)c1Cl)C(Cl)/C=C/c1ccccc1)c1cccc(C(F)(F)F)c1. The van der Waals surface area contributed by atoms with Crippen LogP contribution in [0.1, 0.15) is 54.5 Å². The second kappa shape index (κ2) is 12.5. The van der Waals surface area contributed by atoms with Crippen molar-refractivity contribution in [3.8, 4) is 0 Å². The maximum absolute atomic E-state index is 14.8. The molecular weight excluding hydrogens is 605 g/mol. The first-order chi connectivity index (χ1) is 19.6. The topological polar surface area (TPSA) is 54.4 Å². The Bertz CT molecular complexity index is 1470. The van der Waals surface area contributed by atoms with E-state index in [4.69, 9.17) is 23.2 Å². The summed E-state index contributed by atoms with van der Waals surface area (Å²) in [6, 6.07) is 14.8. The average Bonchev–Trinajstić information content (AvgIpc) is 2.93. The number of aliphatic carboxylic acids is 1. The van der Waals surface area contributed by atoms with Gasteiger partial charge in [-0.2, -0.15) is 26.3 Å². The molecule has 42 heavy (non-hydrogen) atoms. The summed E-state index contributed by atoms with van der Waals surface area (Å²) in [6.07, 6.45) is -7.83. The first kappa shape index (κ1) is 33.2. The van der Waals surface area contributed by atoms with Crippen LogP contribution in [0.4, 0.5) is 26.3 Å². The van der Waals surface area contributed by atoms with Crippen molar-refractivity contribution in [3.05, 3.63) is 112 Å². The van der Waals surface area contributed by atoms with E-state index in [2.05, 4.69) is 0 Å². The molecule has 0 aliphatic carbocycles. The Labute approximate surface area is 248 Å². The Balaban J connectivity index is 2.42. The first-order valence-electron chi connectivity index (χ1n) is 12.8. The van der Waals surface area contributed by atoms with Crippen molar-refractivity contribution in [1.29, 1.82) is 0 Å². The molecule has 0 aliphatic rings. The monoisotopic (exact) mass is 630 g/mol. The molecule has 3 rings (SSSR count). The van der Waals surface area contributed by atoms with Crippen LogP contribution in [0.3, 0.4) is 0 Å². The standard InChI is InChI=1S/C31H26Cl2F6O3/c1-3-28(27(41)42,20-12-8-13-21(18-20)30(34,35)36)26(40)29(4-2,24(32)17-16-19-10-6-5-7-11-19)22-14-9-15-23(25(22)33)31(37,38)39/h5-18,24H,3-4H2,1-2H3,(H,41,42)/b17-16+. The number of carbonyl (C=O) groups is 2. The van der Waals surface area contributed by atoms with Crippen molar-refractivity contribution in [2.24, 2.45) is 0 Å². The van der Waals surface area contributed by atoms with Gasteiger partial charge in [0.25, 0.3) is 0 Å². The van der Waals surface area contributed by atoms with E-state index >= 15 is 0 Å². The number of carboxylic acid groups (broad SMARTS) is 1. The minimum Gasteiger partial charge on any atom is -0.480 e. The summed E-state index contributed by atoms with van der Waals surface area (Å²) in [6.45, 7) is 2.72. The molecule has 3 aromatic carbocycles. The molecular formula is C31H26Cl2F6O3. The zero-order valence-electron chi connectivity index (χ0n) is 22.4. The van der Waals surface area contributed by atoms with Crippen molar-refractivity contribution in [2.45, 2.75) is 55.2 Å². The summed E-state index contributed by atoms with van der Waals surface area (Å²) in [7, 11) is 0. The zero-order chi connectivity index (χ0) is 31.5. The number of hydrogen-bond acceptors (Lipinski definition) is 2. The summed E-state index contributed by atoms with van der Waals surface area (Å²) in [5.41, 5.74) is -7.61. The fourth-order valence-electron chi connectivity index (χ4n) is 5.17. The number of ketones is 1. The van der Waals surface area contributed by atoms with Gasteiger partial charge in [0.1, 0.15) is 0 Å². The van der Waals surface area contributed by atoms with Crippen LogP contribution in [0.5, 0.6) is 0 Å². The lowest BCUT2D eigenvalue weighted by Gasteiger charge is -2.42. The minimum absolute atomic E-state index is 0.339. The van der Waals surface area contributed by atoms with Crippen LogP contribution in [-0.4, -0.2) is 22.2 Å². The van der Waals surface area contributed by atoms with E-state index in [9.17, 15) is 41.0 Å². The van der Waals surface area contributed by atoms with E-state index in [0.717, 1.165) is 30.3 Å². The Hall–Kier alpha value is -3.30. The number of hydrogen-bond donors (Lipinski definition) is 1. The highest BCUT2D eigenvalue weighted by molar-refractivity contribution is 6.34. The molecule has 3 atom stereocenters. The molecule has 0 aliphatic heterocycles. The number of carbonyl (C=O) groups excluding carboxylic acids is 1. The van der Waals surface area contributed by atoms with Crippen LogP contribution in [0.25, 0.3) is 6.08 Å². The summed E-state index contributed by atoms with van der Waals surface area (Å²) in [4.78, 5) is 27.8.